The zero-order chi connectivity index (χ0) is 22.7. The predicted octanol–water partition coefficient (Wildman–Crippen LogP) is 3.01. The zero-order valence-corrected chi connectivity index (χ0v) is 19.4. The Morgan fingerprint density at radius 2 is 2.06 bits per heavy atom. The lowest BCUT2D eigenvalue weighted by Gasteiger charge is -2.29. The van der Waals surface area contributed by atoms with Crippen LogP contribution < -0.4 is 9.64 Å². The Hall–Kier alpha value is -3.19. The Labute approximate surface area is 188 Å². The minimum absolute atomic E-state index is 0.416. The van der Waals surface area contributed by atoms with Crippen LogP contribution >= 0.6 is 0 Å². The Morgan fingerprint density at radius 1 is 1.28 bits per heavy atom. The average Bonchev–Trinajstić information content (AvgIpc) is 3.21. The van der Waals surface area contributed by atoms with Crippen molar-refractivity contribution in [1.29, 1.82) is 5.26 Å². The lowest BCUT2D eigenvalue weighted by molar-refractivity contribution is 0.325. The highest BCUT2D eigenvalue weighted by atomic mass is 32.2. The first-order valence-corrected chi connectivity index (χ1v) is 12.6. The maximum atomic E-state index is 12.9. The van der Waals surface area contributed by atoms with E-state index in [1.54, 1.807) is 16.9 Å². The molecule has 0 saturated carbocycles. The first-order valence-electron chi connectivity index (χ1n) is 10.7. The van der Waals surface area contributed by atoms with E-state index in [0.29, 0.717) is 66.3 Å². The van der Waals surface area contributed by atoms with Crippen LogP contribution in [0.3, 0.4) is 0 Å². The maximum Gasteiger partial charge on any atom is 0.232 e. The molecule has 168 valence electrons. The van der Waals surface area contributed by atoms with Gasteiger partial charge in [-0.3, -0.25) is 0 Å². The molecule has 0 atom stereocenters. The van der Waals surface area contributed by atoms with E-state index in [1.807, 2.05) is 19.1 Å². The van der Waals surface area contributed by atoms with E-state index in [9.17, 15) is 9.47 Å². The second-order valence-corrected chi connectivity index (χ2v) is 10.7. The number of aromatic nitrogens is 4. The second kappa shape index (κ2) is 9.12. The molecule has 3 aromatic heterocycles. The first-order chi connectivity index (χ1) is 15.4. The van der Waals surface area contributed by atoms with Gasteiger partial charge in [0.2, 0.25) is 5.88 Å². The molecule has 0 unspecified atom stereocenters. The standard InChI is InChI=1S/C22H27N7O2S/c1-4-31-20-15-29-22(18(11-23)14-25-29)21(27-20)17-5-6-19(24-13-17)28-7-9-32(30,10-8-28)26-12-16(2)3/h5-6,13-16H,4,7-10,12H2,1-3H3. The molecule has 0 aliphatic carbocycles. The SMILES string of the molecule is CCOc1cn2ncc(C#N)c2c(-c2ccc(N3CCS(=O)(=NCC(C)C)CC3)nc2)n1. The molecule has 32 heavy (non-hydrogen) atoms. The monoisotopic (exact) mass is 453 g/mol. The van der Waals surface area contributed by atoms with Crippen molar-refractivity contribution < 1.29 is 8.95 Å². The molecule has 0 bridgehead atoms. The summed E-state index contributed by atoms with van der Waals surface area (Å²) in [5.74, 6) is 2.79. The Kier molecular flexibility index (Phi) is 6.28. The van der Waals surface area contributed by atoms with Crippen molar-refractivity contribution in [2.24, 2.45) is 10.3 Å². The van der Waals surface area contributed by atoms with E-state index in [1.165, 1.54) is 6.20 Å². The number of pyridine rings is 1. The Balaban J connectivity index is 1.59. The van der Waals surface area contributed by atoms with Crippen LogP contribution in [0.25, 0.3) is 16.8 Å². The summed E-state index contributed by atoms with van der Waals surface area (Å²) < 4.78 is 24.6. The molecular weight excluding hydrogens is 426 g/mol. The summed E-state index contributed by atoms with van der Waals surface area (Å²) in [5, 5.41) is 13.7. The first kappa shape index (κ1) is 22.0. The van der Waals surface area contributed by atoms with Crippen molar-refractivity contribution in [2.45, 2.75) is 20.8 Å². The number of nitriles is 1. The van der Waals surface area contributed by atoms with E-state index in [0.717, 1.165) is 11.4 Å². The lowest BCUT2D eigenvalue weighted by Crippen LogP contribution is -2.40. The van der Waals surface area contributed by atoms with Crippen LogP contribution in [0.15, 0.2) is 35.1 Å². The van der Waals surface area contributed by atoms with Crippen LogP contribution in [0.1, 0.15) is 26.3 Å². The van der Waals surface area contributed by atoms with Crippen molar-refractivity contribution in [3.8, 4) is 23.2 Å². The van der Waals surface area contributed by atoms with Gasteiger partial charge in [0.15, 0.2) is 0 Å². The topological polar surface area (TPSA) is 109 Å². The molecule has 4 rings (SSSR count). The molecule has 0 N–H and O–H groups in total. The maximum absolute atomic E-state index is 12.9. The van der Waals surface area contributed by atoms with Gasteiger partial charge in [-0.25, -0.2) is 23.1 Å². The van der Waals surface area contributed by atoms with E-state index >= 15 is 0 Å². The summed E-state index contributed by atoms with van der Waals surface area (Å²) in [5.41, 5.74) is 2.42. The Morgan fingerprint density at radius 3 is 2.69 bits per heavy atom. The highest BCUT2D eigenvalue weighted by Crippen LogP contribution is 2.28. The van der Waals surface area contributed by atoms with Crippen LogP contribution in [0.2, 0.25) is 0 Å². The number of rotatable bonds is 6. The Bertz CT molecular complexity index is 1250. The van der Waals surface area contributed by atoms with Crippen LogP contribution in [-0.2, 0) is 9.73 Å². The van der Waals surface area contributed by atoms with E-state index < -0.39 is 9.73 Å². The number of nitrogens with zero attached hydrogens (tertiary/aromatic N) is 7. The molecule has 1 aliphatic heterocycles. The third kappa shape index (κ3) is 4.53. The summed E-state index contributed by atoms with van der Waals surface area (Å²) in [6.07, 6.45) is 4.94. The number of hydrogen-bond donors (Lipinski definition) is 0. The third-order valence-corrected chi connectivity index (χ3v) is 7.53. The highest BCUT2D eigenvalue weighted by Gasteiger charge is 2.22. The molecule has 1 saturated heterocycles. The van der Waals surface area contributed by atoms with Gasteiger partial charge in [-0.15, -0.1) is 0 Å². The highest BCUT2D eigenvalue weighted by molar-refractivity contribution is 7.93. The average molecular weight is 454 g/mol. The van der Waals surface area contributed by atoms with Crippen molar-refractivity contribution in [1.82, 2.24) is 19.6 Å². The van der Waals surface area contributed by atoms with E-state index in [-0.39, 0.29) is 0 Å². The summed E-state index contributed by atoms with van der Waals surface area (Å²) in [7, 11) is -2.12. The van der Waals surface area contributed by atoms with Gasteiger partial charge in [0.05, 0.1) is 35.3 Å². The van der Waals surface area contributed by atoms with Crippen LogP contribution in [0, 0.1) is 17.2 Å². The number of fused-ring (bicyclic) bond motifs is 1. The molecule has 1 fully saturated rings. The van der Waals surface area contributed by atoms with Gasteiger partial charge in [0, 0.05) is 36.4 Å². The van der Waals surface area contributed by atoms with Gasteiger partial charge in [-0.2, -0.15) is 10.4 Å². The van der Waals surface area contributed by atoms with Gasteiger partial charge in [-0.05, 0) is 25.0 Å². The third-order valence-electron chi connectivity index (χ3n) is 5.27. The predicted molar refractivity (Wildman–Crippen MR) is 124 cm³/mol. The molecule has 9 nitrogen and oxygen atoms in total. The smallest absolute Gasteiger partial charge is 0.232 e. The fraction of sp³-hybridized carbons (Fsp3) is 0.455. The second-order valence-electron chi connectivity index (χ2n) is 8.10. The van der Waals surface area contributed by atoms with Gasteiger partial charge >= 0.3 is 0 Å². The summed E-state index contributed by atoms with van der Waals surface area (Å²) in [6.45, 7) is 8.51. The summed E-state index contributed by atoms with van der Waals surface area (Å²) in [6, 6.07) is 6.04. The molecule has 3 aromatic rings. The fourth-order valence-electron chi connectivity index (χ4n) is 3.57. The van der Waals surface area contributed by atoms with Crippen molar-refractivity contribution in [3.05, 3.63) is 36.3 Å². The minimum atomic E-state index is -2.12. The molecule has 1 aliphatic rings. The molecule has 0 spiro atoms. The zero-order valence-electron chi connectivity index (χ0n) is 18.6. The number of hydrogen-bond acceptors (Lipinski definition) is 8. The van der Waals surface area contributed by atoms with Crippen molar-refractivity contribution in [2.75, 3.05) is 42.6 Å². The van der Waals surface area contributed by atoms with Crippen molar-refractivity contribution in [3.63, 3.8) is 0 Å². The van der Waals surface area contributed by atoms with Crippen molar-refractivity contribution >= 4 is 21.1 Å². The number of anilines is 1. The lowest BCUT2D eigenvalue weighted by atomic mass is 10.1. The molecule has 4 heterocycles. The molecule has 0 amide bonds. The van der Waals surface area contributed by atoms with Crippen LogP contribution in [-0.4, -0.2) is 61.5 Å². The largest absolute Gasteiger partial charge is 0.477 e. The van der Waals surface area contributed by atoms with E-state index in [2.05, 4.69) is 44.2 Å². The van der Waals surface area contributed by atoms with Crippen LogP contribution in [0.5, 0.6) is 5.88 Å². The molecule has 10 heteroatoms. The molecular formula is C22H27N7O2S. The van der Waals surface area contributed by atoms with Gasteiger partial charge in [-0.1, -0.05) is 13.8 Å². The van der Waals surface area contributed by atoms with Gasteiger partial charge < -0.3 is 9.64 Å². The molecule has 0 radical (unpaired) electrons. The normalized spacial score (nSPS) is 15.7. The molecule has 0 aromatic carbocycles. The summed E-state index contributed by atoms with van der Waals surface area (Å²) >= 11 is 0. The number of ether oxygens (including phenoxy) is 1. The fourth-order valence-corrected chi connectivity index (χ4v) is 5.61. The summed E-state index contributed by atoms with van der Waals surface area (Å²) in [4.78, 5) is 11.4. The van der Waals surface area contributed by atoms with Gasteiger partial charge in [0.1, 0.15) is 28.7 Å². The minimum Gasteiger partial charge on any atom is -0.477 e. The quantitative estimate of drug-likeness (QED) is 0.564. The van der Waals surface area contributed by atoms with E-state index in [4.69, 9.17) is 4.74 Å². The van der Waals surface area contributed by atoms with Gasteiger partial charge in [0.25, 0.3) is 0 Å². The van der Waals surface area contributed by atoms with Crippen LogP contribution in [0.4, 0.5) is 5.82 Å².